The number of aliphatic hydroxyl groups is 1. The van der Waals surface area contributed by atoms with Gasteiger partial charge in [0.1, 0.15) is 0 Å². The smallest absolute Gasteiger partial charge is 0.283 e. The zero-order valence-corrected chi connectivity index (χ0v) is 4.22. The molecule has 0 spiro atoms. The Morgan fingerprint density at radius 3 is 1.29 bits per heavy atom. The van der Waals surface area contributed by atoms with E-state index in [0.29, 0.717) is 0 Å². The van der Waals surface area contributed by atoms with Gasteiger partial charge in [-0.3, -0.25) is 0 Å². The fourth-order valence-corrected chi connectivity index (χ4v) is 0.250. The standard InChI is InChI=1S/C4H8.CHNO/c1-2-4-3-1;2-1-3/h1-4H2;3H. The van der Waals surface area contributed by atoms with Gasteiger partial charge in [0.25, 0.3) is 6.26 Å². The molecule has 0 bridgehead atoms. The molecule has 0 aromatic rings. The number of nitriles is 1. The van der Waals surface area contributed by atoms with Gasteiger partial charge >= 0.3 is 0 Å². The van der Waals surface area contributed by atoms with E-state index in [1.54, 1.807) is 0 Å². The highest BCUT2D eigenvalue weighted by Crippen LogP contribution is 2.15. The van der Waals surface area contributed by atoms with Crippen LogP contribution in [0.5, 0.6) is 0 Å². The summed E-state index contributed by atoms with van der Waals surface area (Å²) in [4.78, 5) is 0. The summed E-state index contributed by atoms with van der Waals surface area (Å²) in [5.41, 5.74) is 0. The molecule has 2 heteroatoms. The minimum Gasteiger partial charge on any atom is -0.443 e. The summed E-state index contributed by atoms with van der Waals surface area (Å²) < 4.78 is 0. The van der Waals surface area contributed by atoms with E-state index in [-0.39, 0.29) is 0 Å². The maximum atomic E-state index is 6.88. The SMILES string of the molecule is C1CCC1.N#CO. The van der Waals surface area contributed by atoms with Crippen molar-refractivity contribution in [1.29, 1.82) is 5.26 Å². The van der Waals surface area contributed by atoms with Crippen molar-refractivity contribution >= 4 is 0 Å². The third kappa shape index (κ3) is 5.29. The van der Waals surface area contributed by atoms with Gasteiger partial charge in [0.2, 0.25) is 0 Å². The van der Waals surface area contributed by atoms with E-state index in [1.807, 2.05) is 0 Å². The summed E-state index contributed by atoms with van der Waals surface area (Å²) in [6.45, 7) is 0. The minimum atomic E-state index is 0.750. The lowest BCUT2D eigenvalue weighted by Gasteiger charge is -2.05. The van der Waals surface area contributed by atoms with E-state index >= 15 is 0 Å². The fraction of sp³-hybridized carbons (Fsp3) is 0.800. The van der Waals surface area contributed by atoms with Crippen molar-refractivity contribution < 1.29 is 5.11 Å². The Labute approximate surface area is 43.4 Å². The minimum absolute atomic E-state index is 0.750. The summed E-state index contributed by atoms with van der Waals surface area (Å²) in [7, 11) is 0. The van der Waals surface area contributed by atoms with Crippen molar-refractivity contribution in [1.82, 2.24) is 0 Å². The topological polar surface area (TPSA) is 44.0 Å². The molecule has 40 valence electrons. The second-order valence-corrected chi connectivity index (χ2v) is 1.51. The normalized spacial score (nSPS) is 14.7. The first-order valence-corrected chi connectivity index (χ1v) is 2.45. The van der Waals surface area contributed by atoms with E-state index in [9.17, 15) is 0 Å². The van der Waals surface area contributed by atoms with Gasteiger partial charge in [0.15, 0.2) is 0 Å². The maximum absolute atomic E-state index is 6.88. The Hall–Kier alpha value is -0.710. The lowest BCUT2D eigenvalue weighted by Crippen LogP contribution is -1.85. The summed E-state index contributed by atoms with van der Waals surface area (Å²) in [5.74, 6) is 0. The Morgan fingerprint density at radius 1 is 1.14 bits per heavy atom. The van der Waals surface area contributed by atoms with Crippen LogP contribution in [0.25, 0.3) is 0 Å². The van der Waals surface area contributed by atoms with Crippen LogP contribution in [-0.4, -0.2) is 5.11 Å². The molecule has 0 aromatic carbocycles. The van der Waals surface area contributed by atoms with Crippen LogP contribution in [0.1, 0.15) is 25.7 Å². The molecular weight excluding hydrogens is 90.1 g/mol. The fourth-order valence-electron chi connectivity index (χ4n) is 0.250. The maximum Gasteiger partial charge on any atom is 0.283 e. The van der Waals surface area contributed by atoms with Crippen LogP contribution in [0.2, 0.25) is 0 Å². The lowest BCUT2D eigenvalue weighted by atomic mass is 10.0. The van der Waals surface area contributed by atoms with Gasteiger partial charge in [-0.1, -0.05) is 25.7 Å². The predicted octanol–water partition coefficient (Wildman–Crippen LogP) is 1.40. The van der Waals surface area contributed by atoms with Gasteiger partial charge in [-0.25, -0.2) is 0 Å². The first-order chi connectivity index (χ1) is 3.41. The van der Waals surface area contributed by atoms with E-state index in [0.717, 1.165) is 6.26 Å². The van der Waals surface area contributed by atoms with Crippen molar-refractivity contribution in [2.45, 2.75) is 25.7 Å². The van der Waals surface area contributed by atoms with Crippen LogP contribution in [-0.2, 0) is 0 Å². The first-order valence-electron chi connectivity index (χ1n) is 2.45. The van der Waals surface area contributed by atoms with Gasteiger partial charge in [-0.2, -0.15) is 5.26 Å². The molecule has 0 unspecified atom stereocenters. The molecular formula is C5H9NO. The zero-order valence-electron chi connectivity index (χ0n) is 4.22. The Morgan fingerprint density at radius 2 is 1.29 bits per heavy atom. The van der Waals surface area contributed by atoms with Crippen molar-refractivity contribution in [3.8, 4) is 6.26 Å². The van der Waals surface area contributed by atoms with E-state index in [2.05, 4.69) is 0 Å². The van der Waals surface area contributed by atoms with E-state index in [1.165, 1.54) is 25.7 Å². The molecule has 0 radical (unpaired) electrons. The van der Waals surface area contributed by atoms with Crippen LogP contribution in [0.15, 0.2) is 0 Å². The molecule has 1 aliphatic carbocycles. The molecule has 1 rings (SSSR count). The zero-order chi connectivity index (χ0) is 5.54. The van der Waals surface area contributed by atoms with E-state index < -0.39 is 0 Å². The van der Waals surface area contributed by atoms with Crippen LogP contribution < -0.4 is 0 Å². The molecule has 1 saturated carbocycles. The highest BCUT2D eigenvalue weighted by molar-refractivity contribution is 4.50. The van der Waals surface area contributed by atoms with Gasteiger partial charge in [-0.15, -0.1) is 0 Å². The lowest BCUT2D eigenvalue weighted by molar-refractivity contribution is 0.503. The number of hydrogen-bond donors (Lipinski definition) is 1. The Bertz CT molecular complexity index is 57.0. The highest BCUT2D eigenvalue weighted by Gasteiger charge is 1.95. The second-order valence-electron chi connectivity index (χ2n) is 1.51. The molecule has 1 fully saturated rings. The molecule has 1 aliphatic rings. The van der Waals surface area contributed by atoms with Crippen LogP contribution in [0.3, 0.4) is 0 Å². The quantitative estimate of drug-likeness (QED) is 0.466. The molecule has 0 aromatic heterocycles. The van der Waals surface area contributed by atoms with Gasteiger partial charge < -0.3 is 5.11 Å². The Balaban J connectivity index is 0.000000110. The average molecular weight is 99.1 g/mol. The molecule has 7 heavy (non-hydrogen) atoms. The number of nitrogens with zero attached hydrogens (tertiary/aromatic N) is 1. The molecule has 0 saturated heterocycles. The number of hydrogen-bond acceptors (Lipinski definition) is 2. The molecule has 1 N–H and O–H groups in total. The first kappa shape index (κ1) is 6.29. The summed E-state index contributed by atoms with van der Waals surface area (Å²) in [5, 5.41) is 13.8. The molecule has 0 heterocycles. The second kappa shape index (κ2) is 5.29. The Kier molecular flexibility index (Phi) is 4.75. The van der Waals surface area contributed by atoms with E-state index in [4.69, 9.17) is 10.4 Å². The molecule has 0 amide bonds. The van der Waals surface area contributed by atoms with Crippen LogP contribution in [0.4, 0.5) is 0 Å². The summed E-state index contributed by atoms with van der Waals surface area (Å²) >= 11 is 0. The van der Waals surface area contributed by atoms with Crippen LogP contribution in [0, 0.1) is 11.5 Å². The average Bonchev–Trinajstić information content (AvgIpc) is 1.27. The predicted molar refractivity (Wildman–Crippen MR) is 26.0 cm³/mol. The molecule has 0 atom stereocenters. The largest absolute Gasteiger partial charge is 0.443 e. The van der Waals surface area contributed by atoms with Crippen molar-refractivity contribution in [3.63, 3.8) is 0 Å². The number of aliphatic hydroxyl groups excluding tert-OH is 1. The monoisotopic (exact) mass is 99.1 g/mol. The van der Waals surface area contributed by atoms with Crippen molar-refractivity contribution in [2.24, 2.45) is 0 Å². The van der Waals surface area contributed by atoms with Gasteiger partial charge in [-0.05, 0) is 0 Å². The van der Waals surface area contributed by atoms with Gasteiger partial charge in [0, 0.05) is 0 Å². The van der Waals surface area contributed by atoms with Crippen molar-refractivity contribution in [2.75, 3.05) is 0 Å². The van der Waals surface area contributed by atoms with Crippen molar-refractivity contribution in [3.05, 3.63) is 0 Å². The molecule has 0 aliphatic heterocycles. The van der Waals surface area contributed by atoms with Crippen LogP contribution >= 0.6 is 0 Å². The summed E-state index contributed by atoms with van der Waals surface area (Å²) in [6.07, 6.45) is 6.75. The summed E-state index contributed by atoms with van der Waals surface area (Å²) in [6, 6.07) is 0. The number of rotatable bonds is 0. The highest BCUT2D eigenvalue weighted by atomic mass is 16.2. The molecule has 2 nitrogen and oxygen atoms in total. The third-order valence-corrected chi connectivity index (χ3v) is 1.000. The van der Waals surface area contributed by atoms with Gasteiger partial charge in [0.05, 0.1) is 0 Å². The third-order valence-electron chi connectivity index (χ3n) is 1.000.